The van der Waals surface area contributed by atoms with E-state index in [0.29, 0.717) is 5.92 Å². The number of carbonyl (C=O) groups excluding carboxylic acids is 1. The summed E-state index contributed by atoms with van der Waals surface area (Å²) in [7, 11) is 3.63. The lowest BCUT2D eigenvalue weighted by Crippen LogP contribution is -2.47. The monoisotopic (exact) mass is 274 g/mol. The predicted octanol–water partition coefficient (Wildman–Crippen LogP) is 1.55. The lowest BCUT2D eigenvalue weighted by Gasteiger charge is -2.32. The van der Waals surface area contributed by atoms with E-state index in [1.807, 2.05) is 14.1 Å². The fraction of sp³-hybridized carbons (Fsp3) is 0.562. The van der Waals surface area contributed by atoms with Crippen molar-refractivity contribution in [1.82, 2.24) is 10.2 Å². The van der Waals surface area contributed by atoms with Crippen LogP contribution in [0.25, 0.3) is 0 Å². The predicted molar refractivity (Wildman–Crippen MR) is 78.1 cm³/mol. The van der Waals surface area contributed by atoms with Crippen molar-refractivity contribution in [2.24, 2.45) is 0 Å². The second-order valence-electron chi connectivity index (χ2n) is 5.89. The zero-order valence-corrected chi connectivity index (χ0v) is 12.2. The number of carbonyl (C=O) groups is 1. The van der Waals surface area contributed by atoms with Crippen molar-refractivity contribution in [1.29, 1.82) is 0 Å². The maximum Gasteiger partial charge on any atom is 0.239 e. The summed E-state index contributed by atoms with van der Waals surface area (Å²) in [5.41, 5.74) is 2.61. The molecule has 1 aromatic rings. The summed E-state index contributed by atoms with van der Waals surface area (Å²) >= 11 is 0. The molecule has 4 heteroatoms. The minimum atomic E-state index is -0.0685. The van der Waals surface area contributed by atoms with Gasteiger partial charge in [-0.15, -0.1) is 0 Å². The van der Waals surface area contributed by atoms with Gasteiger partial charge in [-0.25, -0.2) is 0 Å². The third-order valence-corrected chi connectivity index (χ3v) is 4.33. The van der Waals surface area contributed by atoms with Crippen molar-refractivity contribution < 1.29 is 9.53 Å². The van der Waals surface area contributed by atoms with E-state index in [1.54, 1.807) is 4.90 Å². The van der Waals surface area contributed by atoms with Crippen molar-refractivity contribution >= 4 is 5.91 Å². The Morgan fingerprint density at radius 2 is 2.25 bits per heavy atom. The molecule has 0 saturated carbocycles. The summed E-state index contributed by atoms with van der Waals surface area (Å²) < 4.78 is 5.81. The van der Waals surface area contributed by atoms with Gasteiger partial charge in [-0.3, -0.25) is 4.79 Å². The van der Waals surface area contributed by atoms with E-state index in [9.17, 15) is 4.79 Å². The molecule has 4 nitrogen and oxygen atoms in total. The Hall–Kier alpha value is -1.55. The van der Waals surface area contributed by atoms with E-state index in [-0.39, 0.29) is 11.9 Å². The molecule has 0 aromatic heterocycles. The van der Waals surface area contributed by atoms with E-state index in [1.165, 1.54) is 11.1 Å². The Bertz CT molecular complexity index is 513. The van der Waals surface area contributed by atoms with E-state index < -0.39 is 0 Å². The largest absolute Gasteiger partial charge is 0.493 e. The van der Waals surface area contributed by atoms with Gasteiger partial charge in [0.15, 0.2) is 0 Å². The average Bonchev–Trinajstić information content (AvgIpc) is 2.94. The van der Waals surface area contributed by atoms with E-state index in [2.05, 4.69) is 23.5 Å². The molecule has 1 fully saturated rings. The molecular formula is C16H22N2O2. The summed E-state index contributed by atoms with van der Waals surface area (Å²) in [5, 5.41) is 3.34. The molecule has 1 aromatic carbocycles. The quantitative estimate of drug-likeness (QED) is 0.889. The summed E-state index contributed by atoms with van der Waals surface area (Å²) in [5.74, 6) is 1.66. The number of hydrogen-bond donors (Lipinski definition) is 1. The molecule has 0 radical (unpaired) electrons. The molecule has 3 rings (SSSR count). The molecule has 20 heavy (non-hydrogen) atoms. The first-order valence-electron chi connectivity index (χ1n) is 7.36. The van der Waals surface area contributed by atoms with Crippen LogP contribution in [0, 0.1) is 0 Å². The Balaban J connectivity index is 1.81. The van der Waals surface area contributed by atoms with Crippen LogP contribution in [-0.2, 0) is 11.2 Å². The number of hydrogen-bond acceptors (Lipinski definition) is 3. The highest BCUT2D eigenvalue weighted by Gasteiger charge is 2.31. The first kappa shape index (κ1) is 13.4. The second-order valence-corrected chi connectivity index (χ2v) is 5.89. The normalized spacial score (nSPS) is 24.9. The zero-order chi connectivity index (χ0) is 14.1. The number of nitrogens with zero attached hydrogens (tertiary/aromatic N) is 1. The van der Waals surface area contributed by atoms with Crippen LogP contribution in [0.3, 0.4) is 0 Å². The SMILES string of the molecule is CN(C)C(=O)C1CC(c2cccc3c2OCC3)CCN1. The lowest BCUT2D eigenvalue weighted by molar-refractivity contribution is -0.131. The van der Waals surface area contributed by atoms with Gasteiger partial charge in [0.1, 0.15) is 5.75 Å². The molecule has 2 aliphatic heterocycles. The highest BCUT2D eigenvalue weighted by Crippen LogP contribution is 2.38. The van der Waals surface area contributed by atoms with Crippen LogP contribution in [-0.4, -0.2) is 44.1 Å². The van der Waals surface area contributed by atoms with Crippen molar-refractivity contribution in [2.75, 3.05) is 27.2 Å². The van der Waals surface area contributed by atoms with E-state index in [0.717, 1.165) is 38.2 Å². The smallest absolute Gasteiger partial charge is 0.239 e. The van der Waals surface area contributed by atoms with Crippen LogP contribution in [0.15, 0.2) is 18.2 Å². The molecule has 2 unspecified atom stereocenters. The molecule has 0 bridgehead atoms. The molecule has 1 amide bonds. The van der Waals surface area contributed by atoms with Gasteiger partial charge >= 0.3 is 0 Å². The highest BCUT2D eigenvalue weighted by molar-refractivity contribution is 5.81. The Morgan fingerprint density at radius 3 is 3.05 bits per heavy atom. The number of piperidine rings is 1. The van der Waals surface area contributed by atoms with Gasteiger partial charge in [0.05, 0.1) is 12.6 Å². The van der Waals surface area contributed by atoms with Crippen molar-refractivity contribution in [3.63, 3.8) is 0 Å². The third kappa shape index (κ3) is 2.40. The highest BCUT2D eigenvalue weighted by atomic mass is 16.5. The van der Waals surface area contributed by atoms with Crippen LogP contribution < -0.4 is 10.1 Å². The maximum atomic E-state index is 12.1. The first-order chi connectivity index (χ1) is 9.66. The van der Waals surface area contributed by atoms with Crippen LogP contribution in [0.1, 0.15) is 29.9 Å². The average molecular weight is 274 g/mol. The number of amides is 1. The molecule has 2 heterocycles. The zero-order valence-electron chi connectivity index (χ0n) is 12.2. The summed E-state index contributed by atoms with van der Waals surface area (Å²) in [4.78, 5) is 13.8. The molecule has 1 saturated heterocycles. The van der Waals surface area contributed by atoms with Gasteiger partial charge in [-0.05, 0) is 36.4 Å². The lowest BCUT2D eigenvalue weighted by atomic mass is 9.84. The van der Waals surface area contributed by atoms with Crippen molar-refractivity contribution in [2.45, 2.75) is 31.2 Å². The van der Waals surface area contributed by atoms with E-state index >= 15 is 0 Å². The number of rotatable bonds is 2. The Labute approximate surface area is 120 Å². The Kier molecular flexibility index (Phi) is 3.66. The van der Waals surface area contributed by atoms with Gasteiger partial charge in [0.2, 0.25) is 5.91 Å². The standard InChI is InChI=1S/C16H22N2O2/c1-18(2)16(19)14-10-12(6-8-17-14)13-5-3-4-11-7-9-20-15(11)13/h3-5,12,14,17H,6-10H2,1-2H3. The molecule has 0 spiro atoms. The minimum Gasteiger partial charge on any atom is -0.493 e. The van der Waals surface area contributed by atoms with Gasteiger partial charge in [-0.1, -0.05) is 18.2 Å². The molecule has 2 aliphatic rings. The van der Waals surface area contributed by atoms with Gasteiger partial charge < -0.3 is 15.0 Å². The second kappa shape index (κ2) is 5.44. The summed E-state index contributed by atoms with van der Waals surface area (Å²) in [6, 6.07) is 6.36. The number of likely N-dealkylation sites (N-methyl/N-ethyl adjacent to an activating group) is 1. The third-order valence-electron chi connectivity index (χ3n) is 4.33. The first-order valence-corrected chi connectivity index (χ1v) is 7.36. The van der Waals surface area contributed by atoms with Crippen LogP contribution >= 0.6 is 0 Å². The van der Waals surface area contributed by atoms with Gasteiger partial charge in [-0.2, -0.15) is 0 Å². The molecule has 2 atom stereocenters. The number of nitrogens with one attached hydrogen (secondary N) is 1. The van der Waals surface area contributed by atoms with Crippen molar-refractivity contribution in [3.05, 3.63) is 29.3 Å². The summed E-state index contributed by atoms with van der Waals surface area (Å²) in [6.45, 7) is 1.68. The fourth-order valence-corrected chi connectivity index (χ4v) is 3.26. The molecular weight excluding hydrogens is 252 g/mol. The number of fused-ring (bicyclic) bond motifs is 1. The van der Waals surface area contributed by atoms with Gasteiger partial charge in [0.25, 0.3) is 0 Å². The number of para-hydroxylation sites is 1. The fourth-order valence-electron chi connectivity index (χ4n) is 3.26. The Morgan fingerprint density at radius 1 is 1.40 bits per heavy atom. The number of ether oxygens (including phenoxy) is 1. The van der Waals surface area contributed by atoms with Crippen molar-refractivity contribution in [3.8, 4) is 5.75 Å². The van der Waals surface area contributed by atoms with E-state index in [4.69, 9.17) is 4.74 Å². The molecule has 0 aliphatic carbocycles. The minimum absolute atomic E-state index is 0.0685. The molecule has 1 N–H and O–H groups in total. The van der Waals surface area contributed by atoms with Gasteiger partial charge in [0, 0.05) is 20.5 Å². The van der Waals surface area contributed by atoms with Crippen LogP contribution in [0.2, 0.25) is 0 Å². The topological polar surface area (TPSA) is 41.6 Å². The maximum absolute atomic E-state index is 12.1. The van der Waals surface area contributed by atoms with Crippen LogP contribution in [0.4, 0.5) is 0 Å². The molecule has 108 valence electrons. The number of benzene rings is 1. The van der Waals surface area contributed by atoms with Crippen LogP contribution in [0.5, 0.6) is 5.75 Å². The summed E-state index contributed by atoms with van der Waals surface area (Å²) in [6.07, 6.45) is 2.93.